The third-order valence-corrected chi connectivity index (χ3v) is 5.54. The predicted molar refractivity (Wildman–Crippen MR) is 98.7 cm³/mol. The minimum Gasteiger partial charge on any atom is -0.465 e. The van der Waals surface area contributed by atoms with Gasteiger partial charge in [0, 0.05) is 15.8 Å². The highest BCUT2D eigenvalue weighted by Gasteiger charge is 2.40. The van der Waals surface area contributed by atoms with Crippen molar-refractivity contribution in [3.8, 4) is 0 Å². The molecule has 1 heterocycles. The van der Waals surface area contributed by atoms with E-state index in [0.29, 0.717) is 16.1 Å². The van der Waals surface area contributed by atoms with Gasteiger partial charge in [-0.3, -0.25) is 9.59 Å². The molecule has 2 amide bonds. The molecule has 25 heavy (non-hydrogen) atoms. The maximum atomic E-state index is 12.7. The van der Waals surface area contributed by atoms with Crippen molar-refractivity contribution in [1.82, 2.24) is 0 Å². The zero-order chi connectivity index (χ0) is 18.0. The van der Waals surface area contributed by atoms with Crippen LogP contribution in [0.3, 0.4) is 0 Å². The number of rotatable bonds is 4. The number of methoxy groups -OCH3 is 1. The summed E-state index contributed by atoms with van der Waals surface area (Å²) >= 11 is 4.55. The molecule has 3 rings (SSSR count). The Morgan fingerprint density at radius 2 is 1.84 bits per heavy atom. The van der Waals surface area contributed by atoms with E-state index in [1.807, 2.05) is 0 Å². The van der Waals surface area contributed by atoms with E-state index in [0.717, 1.165) is 4.47 Å². The van der Waals surface area contributed by atoms with Gasteiger partial charge in [-0.05, 0) is 36.4 Å². The molecule has 0 N–H and O–H groups in total. The summed E-state index contributed by atoms with van der Waals surface area (Å²) in [5.41, 5.74) is 0.930. The highest BCUT2D eigenvalue weighted by molar-refractivity contribution is 9.10. The van der Waals surface area contributed by atoms with Gasteiger partial charge in [-0.1, -0.05) is 28.1 Å². The lowest BCUT2D eigenvalue weighted by atomic mass is 10.2. The molecular weight excluding hydrogens is 406 g/mol. The van der Waals surface area contributed by atoms with Gasteiger partial charge < -0.3 is 4.74 Å². The molecule has 0 spiro atoms. The second-order valence-electron chi connectivity index (χ2n) is 5.34. The SMILES string of the molecule is COC(=O)c1ccccc1S[C@@H]1CC(=O)N(c2ccc(Br)cc2)C1=O. The first-order chi connectivity index (χ1) is 12.0. The van der Waals surface area contributed by atoms with Gasteiger partial charge in [0.2, 0.25) is 11.8 Å². The van der Waals surface area contributed by atoms with Crippen LogP contribution in [0.4, 0.5) is 5.69 Å². The largest absolute Gasteiger partial charge is 0.465 e. The molecule has 0 saturated carbocycles. The Hall–Kier alpha value is -2.12. The summed E-state index contributed by atoms with van der Waals surface area (Å²) in [4.78, 5) is 38.7. The molecule has 0 aliphatic carbocycles. The summed E-state index contributed by atoms with van der Waals surface area (Å²) in [6.07, 6.45) is 0.0923. The molecule has 1 aliphatic heterocycles. The number of carbonyl (C=O) groups excluding carboxylic acids is 3. The molecule has 0 aromatic heterocycles. The monoisotopic (exact) mass is 419 g/mol. The number of hydrogen-bond acceptors (Lipinski definition) is 5. The standard InChI is InChI=1S/C18H14BrNO4S/c1-24-18(23)13-4-2-3-5-14(13)25-15-10-16(21)20(17(15)22)12-8-6-11(19)7-9-12/h2-9,15H,10H2,1H3/t15-/m1/s1. The summed E-state index contributed by atoms with van der Waals surface area (Å²) in [6, 6.07) is 13.9. The molecule has 0 unspecified atom stereocenters. The van der Waals surface area contributed by atoms with Gasteiger partial charge in [0.15, 0.2) is 0 Å². The van der Waals surface area contributed by atoms with Crippen LogP contribution in [0.2, 0.25) is 0 Å². The van der Waals surface area contributed by atoms with Crippen molar-refractivity contribution >= 4 is 51.2 Å². The van der Waals surface area contributed by atoms with E-state index in [1.165, 1.54) is 23.8 Å². The number of imide groups is 1. The maximum absolute atomic E-state index is 12.7. The van der Waals surface area contributed by atoms with E-state index in [2.05, 4.69) is 15.9 Å². The Morgan fingerprint density at radius 3 is 2.52 bits per heavy atom. The van der Waals surface area contributed by atoms with E-state index in [1.54, 1.807) is 48.5 Å². The molecule has 1 atom stereocenters. The Morgan fingerprint density at radius 1 is 1.16 bits per heavy atom. The zero-order valence-corrected chi connectivity index (χ0v) is 15.7. The molecule has 7 heteroatoms. The average molecular weight is 420 g/mol. The van der Waals surface area contributed by atoms with Gasteiger partial charge in [0.05, 0.1) is 23.6 Å². The maximum Gasteiger partial charge on any atom is 0.338 e. The van der Waals surface area contributed by atoms with Crippen molar-refractivity contribution in [2.45, 2.75) is 16.6 Å². The lowest BCUT2D eigenvalue weighted by molar-refractivity contribution is -0.121. The Bertz CT molecular complexity index is 837. The number of nitrogens with zero attached hydrogens (tertiary/aromatic N) is 1. The number of hydrogen-bond donors (Lipinski definition) is 0. The van der Waals surface area contributed by atoms with Crippen LogP contribution in [-0.4, -0.2) is 30.1 Å². The van der Waals surface area contributed by atoms with Crippen LogP contribution in [0.15, 0.2) is 57.9 Å². The van der Waals surface area contributed by atoms with E-state index in [4.69, 9.17) is 4.74 Å². The number of halogens is 1. The molecule has 0 radical (unpaired) electrons. The van der Waals surface area contributed by atoms with E-state index in [-0.39, 0.29) is 18.2 Å². The first kappa shape index (κ1) is 17.7. The molecule has 2 aromatic carbocycles. The van der Waals surface area contributed by atoms with Gasteiger partial charge in [-0.15, -0.1) is 11.8 Å². The fourth-order valence-corrected chi connectivity index (χ4v) is 4.00. The summed E-state index contributed by atoms with van der Waals surface area (Å²) in [7, 11) is 1.31. The van der Waals surface area contributed by atoms with Gasteiger partial charge in [-0.2, -0.15) is 0 Å². The highest BCUT2D eigenvalue weighted by Crippen LogP contribution is 2.35. The Labute approximate surface area is 157 Å². The third-order valence-electron chi connectivity index (χ3n) is 3.75. The van der Waals surface area contributed by atoms with Crippen molar-refractivity contribution in [3.63, 3.8) is 0 Å². The number of benzene rings is 2. The van der Waals surface area contributed by atoms with Gasteiger partial charge in [-0.25, -0.2) is 9.69 Å². The molecule has 1 fully saturated rings. The van der Waals surface area contributed by atoms with Gasteiger partial charge >= 0.3 is 5.97 Å². The predicted octanol–water partition coefficient (Wildman–Crippen LogP) is 3.66. The lowest BCUT2D eigenvalue weighted by Crippen LogP contribution is -2.31. The second kappa shape index (κ2) is 7.41. The molecule has 128 valence electrons. The van der Waals surface area contributed by atoms with Crippen molar-refractivity contribution < 1.29 is 19.1 Å². The Kier molecular flexibility index (Phi) is 5.24. The smallest absolute Gasteiger partial charge is 0.338 e. The molecule has 1 saturated heterocycles. The quantitative estimate of drug-likeness (QED) is 0.558. The summed E-state index contributed by atoms with van der Waals surface area (Å²) in [6.45, 7) is 0. The first-order valence-corrected chi connectivity index (χ1v) is 9.15. The Balaban J connectivity index is 1.84. The van der Waals surface area contributed by atoms with Gasteiger partial charge in [0.25, 0.3) is 0 Å². The molecular formula is C18H14BrNO4S. The van der Waals surface area contributed by atoms with Crippen molar-refractivity contribution in [3.05, 3.63) is 58.6 Å². The van der Waals surface area contributed by atoms with E-state index in [9.17, 15) is 14.4 Å². The van der Waals surface area contributed by atoms with Crippen molar-refractivity contribution in [2.75, 3.05) is 12.0 Å². The second-order valence-corrected chi connectivity index (χ2v) is 7.50. The van der Waals surface area contributed by atoms with Crippen LogP contribution in [0.25, 0.3) is 0 Å². The summed E-state index contributed by atoms with van der Waals surface area (Å²) in [5, 5.41) is -0.568. The number of anilines is 1. The van der Waals surface area contributed by atoms with Crippen LogP contribution in [-0.2, 0) is 14.3 Å². The number of esters is 1. The summed E-state index contributed by atoms with van der Waals surface area (Å²) < 4.78 is 5.64. The zero-order valence-electron chi connectivity index (χ0n) is 13.3. The number of carbonyl (C=O) groups is 3. The first-order valence-electron chi connectivity index (χ1n) is 7.47. The highest BCUT2D eigenvalue weighted by atomic mass is 79.9. The molecule has 1 aliphatic rings. The van der Waals surface area contributed by atoms with Crippen LogP contribution < -0.4 is 4.90 Å². The van der Waals surface area contributed by atoms with Crippen molar-refractivity contribution in [1.29, 1.82) is 0 Å². The fourth-order valence-electron chi connectivity index (χ4n) is 2.56. The molecule has 0 bridgehead atoms. The van der Waals surface area contributed by atoms with Crippen LogP contribution >= 0.6 is 27.7 Å². The topological polar surface area (TPSA) is 63.7 Å². The third kappa shape index (κ3) is 3.62. The summed E-state index contributed by atoms with van der Waals surface area (Å²) in [5.74, 6) is -0.998. The minimum atomic E-state index is -0.568. The average Bonchev–Trinajstić information content (AvgIpc) is 2.89. The number of amides is 2. The van der Waals surface area contributed by atoms with E-state index < -0.39 is 11.2 Å². The lowest BCUT2D eigenvalue weighted by Gasteiger charge is -2.15. The normalized spacial score (nSPS) is 17.0. The number of ether oxygens (including phenoxy) is 1. The van der Waals surface area contributed by atoms with E-state index >= 15 is 0 Å². The van der Waals surface area contributed by atoms with Crippen LogP contribution in [0, 0.1) is 0 Å². The van der Waals surface area contributed by atoms with Gasteiger partial charge in [0.1, 0.15) is 0 Å². The van der Waals surface area contributed by atoms with Crippen molar-refractivity contribution in [2.24, 2.45) is 0 Å². The molecule has 2 aromatic rings. The van der Waals surface area contributed by atoms with Crippen LogP contribution in [0.5, 0.6) is 0 Å². The fraction of sp³-hybridized carbons (Fsp3) is 0.167. The molecule has 5 nitrogen and oxygen atoms in total. The number of thioether (sulfide) groups is 1. The minimum absolute atomic E-state index is 0.0923. The van der Waals surface area contributed by atoms with Crippen LogP contribution in [0.1, 0.15) is 16.8 Å².